The fraction of sp³-hybridized carbons (Fsp3) is 0.400. The predicted octanol–water partition coefficient (Wildman–Crippen LogP) is 4.07. The third-order valence-electron chi connectivity index (χ3n) is 3.16. The van der Waals surface area contributed by atoms with Crippen molar-refractivity contribution >= 4 is 38.5 Å². The van der Waals surface area contributed by atoms with Gasteiger partial charge in [0.15, 0.2) is 0 Å². The minimum Gasteiger partial charge on any atom is -0.310 e. The van der Waals surface area contributed by atoms with Crippen molar-refractivity contribution in [1.29, 1.82) is 0 Å². The van der Waals surface area contributed by atoms with Gasteiger partial charge in [0.2, 0.25) is 0 Å². The molecule has 20 heavy (non-hydrogen) atoms. The smallest absolute Gasteiger partial charge is 0.0643 e. The first-order valence-corrected chi connectivity index (χ1v) is 8.64. The summed E-state index contributed by atoms with van der Waals surface area (Å²) in [6.45, 7) is 3.20. The zero-order valence-corrected chi connectivity index (χ0v) is 15.5. The van der Waals surface area contributed by atoms with Gasteiger partial charge in [-0.15, -0.1) is 0 Å². The first kappa shape index (κ1) is 16.0. The molecule has 2 aromatic rings. The van der Waals surface area contributed by atoms with Crippen molar-refractivity contribution in [2.24, 2.45) is 7.05 Å². The van der Waals surface area contributed by atoms with Crippen LogP contribution >= 0.6 is 38.5 Å². The standard InChI is InChI=1S/C15H19BrIN3/c1-3-7-18-15(10-12-6-8-20(2)19-12)13-9-11(17)4-5-14(13)16/h4-6,8-9,15,18H,3,7,10H2,1-2H3. The molecule has 0 aliphatic rings. The van der Waals surface area contributed by atoms with Crippen molar-refractivity contribution in [2.75, 3.05) is 6.54 Å². The van der Waals surface area contributed by atoms with Gasteiger partial charge in [-0.05, 0) is 65.4 Å². The van der Waals surface area contributed by atoms with Crippen molar-refractivity contribution < 1.29 is 0 Å². The lowest BCUT2D eigenvalue weighted by Crippen LogP contribution is -2.24. The van der Waals surface area contributed by atoms with Crippen LogP contribution in [-0.2, 0) is 13.5 Å². The number of rotatable bonds is 6. The number of benzene rings is 1. The second-order valence-electron chi connectivity index (χ2n) is 4.86. The van der Waals surface area contributed by atoms with Crippen LogP contribution in [0, 0.1) is 3.57 Å². The van der Waals surface area contributed by atoms with E-state index in [9.17, 15) is 0 Å². The van der Waals surface area contributed by atoms with Crippen molar-refractivity contribution in [3.8, 4) is 0 Å². The van der Waals surface area contributed by atoms with E-state index in [1.165, 1.54) is 9.13 Å². The summed E-state index contributed by atoms with van der Waals surface area (Å²) >= 11 is 6.03. The van der Waals surface area contributed by atoms with Gasteiger partial charge in [0.05, 0.1) is 5.69 Å². The molecule has 0 radical (unpaired) electrons. The van der Waals surface area contributed by atoms with E-state index in [0.29, 0.717) is 0 Å². The Hall–Kier alpha value is -0.400. The van der Waals surface area contributed by atoms with Crippen LogP contribution in [-0.4, -0.2) is 16.3 Å². The molecular formula is C15H19BrIN3. The third kappa shape index (κ3) is 4.30. The molecule has 0 fully saturated rings. The summed E-state index contributed by atoms with van der Waals surface area (Å²) in [7, 11) is 1.96. The molecule has 108 valence electrons. The molecule has 5 heteroatoms. The fourth-order valence-electron chi connectivity index (χ4n) is 2.17. The van der Waals surface area contributed by atoms with E-state index in [4.69, 9.17) is 0 Å². The van der Waals surface area contributed by atoms with Gasteiger partial charge in [-0.25, -0.2) is 0 Å². The zero-order chi connectivity index (χ0) is 14.5. The minimum atomic E-state index is 0.286. The Kier molecular flexibility index (Phi) is 6.04. The second-order valence-corrected chi connectivity index (χ2v) is 6.96. The first-order valence-electron chi connectivity index (χ1n) is 6.77. The Bertz CT molecular complexity index is 568. The maximum Gasteiger partial charge on any atom is 0.0643 e. The van der Waals surface area contributed by atoms with Crippen LogP contribution in [0.4, 0.5) is 0 Å². The van der Waals surface area contributed by atoms with Crippen LogP contribution < -0.4 is 5.32 Å². The molecule has 0 saturated heterocycles. The lowest BCUT2D eigenvalue weighted by atomic mass is 10.0. The highest BCUT2D eigenvalue weighted by molar-refractivity contribution is 14.1. The SMILES string of the molecule is CCCNC(Cc1ccn(C)n1)c1cc(I)ccc1Br. The van der Waals surface area contributed by atoms with Gasteiger partial charge < -0.3 is 5.32 Å². The summed E-state index contributed by atoms with van der Waals surface area (Å²) in [5.41, 5.74) is 2.42. The molecule has 0 aliphatic carbocycles. The average Bonchev–Trinajstić information content (AvgIpc) is 2.83. The maximum absolute atomic E-state index is 4.50. The molecule has 1 aromatic carbocycles. The summed E-state index contributed by atoms with van der Waals surface area (Å²) in [4.78, 5) is 0. The highest BCUT2D eigenvalue weighted by Crippen LogP contribution is 2.27. The highest BCUT2D eigenvalue weighted by atomic mass is 127. The highest BCUT2D eigenvalue weighted by Gasteiger charge is 2.16. The summed E-state index contributed by atoms with van der Waals surface area (Å²) < 4.78 is 4.27. The van der Waals surface area contributed by atoms with Gasteiger partial charge in [0.25, 0.3) is 0 Å². The number of hydrogen-bond acceptors (Lipinski definition) is 2. The van der Waals surface area contributed by atoms with E-state index in [0.717, 1.165) is 29.6 Å². The van der Waals surface area contributed by atoms with Crippen LogP contribution in [0.3, 0.4) is 0 Å². The molecule has 0 saturated carbocycles. The minimum absolute atomic E-state index is 0.286. The topological polar surface area (TPSA) is 29.9 Å². The Morgan fingerprint density at radius 2 is 2.20 bits per heavy atom. The van der Waals surface area contributed by atoms with E-state index in [2.05, 4.69) is 80.1 Å². The molecule has 0 bridgehead atoms. The van der Waals surface area contributed by atoms with Crippen molar-refractivity contribution in [1.82, 2.24) is 15.1 Å². The number of aromatic nitrogens is 2. The molecule has 1 N–H and O–H groups in total. The largest absolute Gasteiger partial charge is 0.310 e. The monoisotopic (exact) mass is 447 g/mol. The Morgan fingerprint density at radius 3 is 2.85 bits per heavy atom. The molecule has 3 nitrogen and oxygen atoms in total. The van der Waals surface area contributed by atoms with Crippen molar-refractivity contribution in [3.05, 3.63) is 49.8 Å². The number of nitrogens with zero attached hydrogens (tertiary/aromatic N) is 2. The third-order valence-corrected chi connectivity index (χ3v) is 4.55. The summed E-state index contributed by atoms with van der Waals surface area (Å²) in [6.07, 6.45) is 4.02. The Morgan fingerprint density at radius 1 is 1.40 bits per heavy atom. The molecule has 0 spiro atoms. The first-order chi connectivity index (χ1) is 9.60. The molecule has 0 aliphatic heterocycles. The lowest BCUT2D eigenvalue weighted by Gasteiger charge is -2.20. The van der Waals surface area contributed by atoms with Gasteiger partial charge >= 0.3 is 0 Å². The van der Waals surface area contributed by atoms with Crippen LogP contribution in [0.5, 0.6) is 0 Å². The van der Waals surface area contributed by atoms with Gasteiger partial charge in [0, 0.05) is 33.8 Å². The van der Waals surface area contributed by atoms with Gasteiger partial charge in [0.1, 0.15) is 0 Å². The summed E-state index contributed by atoms with van der Waals surface area (Å²) in [5.74, 6) is 0. The van der Waals surface area contributed by atoms with Crippen LogP contribution in [0.25, 0.3) is 0 Å². The molecule has 2 rings (SSSR count). The molecule has 1 atom stereocenters. The quantitative estimate of drug-likeness (QED) is 0.676. The molecule has 1 unspecified atom stereocenters. The fourth-order valence-corrected chi connectivity index (χ4v) is 3.21. The number of hydrogen-bond donors (Lipinski definition) is 1. The van der Waals surface area contributed by atoms with E-state index in [1.54, 1.807) is 0 Å². The van der Waals surface area contributed by atoms with Crippen LogP contribution in [0.15, 0.2) is 34.9 Å². The molecule has 1 aromatic heterocycles. The van der Waals surface area contributed by atoms with E-state index < -0.39 is 0 Å². The Labute approximate surface area is 142 Å². The number of nitrogens with one attached hydrogen (secondary N) is 1. The van der Waals surface area contributed by atoms with Crippen molar-refractivity contribution in [3.63, 3.8) is 0 Å². The number of halogens is 2. The van der Waals surface area contributed by atoms with E-state index in [-0.39, 0.29) is 6.04 Å². The summed E-state index contributed by atoms with van der Waals surface area (Å²) in [6, 6.07) is 8.85. The lowest BCUT2D eigenvalue weighted by molar-refractivity contribution is 0.519. The average molecular weight is 448 g/mol. The van der Waals surface area contributed by atoms with Crippen LogP contribution in [0.2, 0.25) is 0 Å². The summed E-state index contributed by atoms with van der Waals surface area (Å²) in [5, 5.41) is 8.12. The normalized spacial score (nSPS) is 12.6. The van der Waals surface area contributed by atoms with Crippen LogP contribution in [0.1, 0.15) is 30.6 Å². The molecule has 1 heterocycles. The Balaban J connectivity index is 2.24. The zero-order valence-electron chi connectivity index (χ0n) is 11.7. The molecule has 0 amide bonds. The predicted molar refractivity (Wildman–Crippen MR) is 94.8 cm³/mol. The van der Waals surface area contributed by atoms with E-state index in [1.807, 2.05) is 17.9 Å². The maximum atomic E-state index is 4.50. The van der Waals surface area contributed by atoms with E-state index >= 15 is 0 Å². The van der Waals surface area contributed by atoms with Gasteiger partial charge in [-0.2, -0.15) is 5.10 Å². The second kappa shape index (κ2) is 7.56. The van der Waals surface area contributed by atoms with Gasteiger partial charge in [-0.3, -0.25) is 4.68 Å². The van der Waals surface area contributed by atoms with Gasteiger partial charge in [-0.1, -0.05) is 22.9 Å². The molecular weight excluding hydrogens is 429 g/mol. The number of aryl methyl sites for hydroxylation is 1. The van der Waals surface area contributed by atoms with Crippen molar-refractivity contribution in [2.45, 2.75) is 25.8 Å².